The topological polar surface area (TPSA) is 0 Å². The minimum absolute atomic E-state index is 0.390. The molecule has 16 heavy (non-hydrogen) atoms. The zero-order valence-corrected chi connectivity index (χ0v) is 25.3. The molecule has 0 unspecified atom stereocenters. The second kappa shape index (κ2) is 7.00. The molecule has 0 aliphatic carbocycles. The van der Waals surface area contributed by atoms with Crippen LogP contribution in [0.15, 0.2) is 0 Å². The summed E-state index contributed by atoms with van der Waals surface area (Å²) in [4.78, 5) is 0. The molecule has 0 aromatic heterocycles. The van der Waals surface area contributed by atoms with E-state index in [0.717, 1.165) is 0 Å². The molecule has 0 nitrogen and oxygen atoms in total. The Morgan fingerprint density at radius 3 is 0.500 bits per heavy atom. The van der Waals surface area contributed by atoms with Crippen molar-refractivity contribution >= 4 is 58.2 Å². The standard InChI is InChI=1S/5C2H6As.Ta/c5*1-3-2;/h5*1-2H3;/q5*-1;+5. The van der Waals surface area contributed by atoms with Crippen molar-refractivity contribution in [2.75, 3.05) is 0 Å². The first kappa shape index (κ1) is 19.5. The van der Waals surface area contributed by atoms with Crippen LogP contribution in [0.4, 0.5) is 0 Å². The van der Waals surface area contributed by atoms with Gasteiger partial charge in [-0.25, -0.2) is 0 Å². The summed E-state index contributed by atoms with van der Waals surface area (Å²) in [5, 5.41) is 0. The Balaban J connectivity index is 6.16. The van der Waals surface area contributed by atoms with Crippen molar-refractivity contribution in [1.82, 2.24) is 0 Å². The Bertz CT molecular complexity index is 173. The van der Waals surface area contributed by atoms with E-state index < -0.39 is 62.2 Å². The predicted molar refractivity (Wildman–Crippen MR) is 87.4 cm³/mol. The van der Waals surface area contributed by atoms with Gasteiger partial charge >= 0.3 is 119 Å². The maximum atomic E-state index is 2.81. The van der Waals surface area contributed by atoms with Crippen LogP contribution in [-0.2, 0) is 4.00 Å². The van der Waals surface area contributed by atoms with Gasteiger partial charge < -0.3 is 0 Å². The van der Waals surface area contributed by atoms with Gasteiger partial charge in [0.2, 0.25) is 0 Å². The van der Waals surface area contributed by atoms with Gasteiger partial charge in [-0.2, -0.15) is 0 Å². The third-order valence-corrected chi connectivity index (χ3v) is 791. The molecule has 6 heteroatoms. The van der Waals surface area contributed by atoms with Crippen molar-refractivity contribution in [2.45, 2.75) is 57.1 Å². The summed E-state index contributed by atoms with van der Waals surface area (Å²) in [5.74, 6) is 0. The molecule has 0 saturated carbocycles. The van der Waals surface area contributed by atoms with Crippen LogP contribution in [0.2, 0.25) is 57.1 Å². The summed E-state index contributed by atoms with van der Waals surface area (Å²) in [6, 6.07) is 0. The van der Waals surface area contributed by atoms with Gasteiger partial charge in [-0.3, -0.25) is 0 Å². The average molecular weight is 706 g/mol. The molecule has 100 valence electrons. The zero-order chi connectivity index (χ0) is 13.3. The van der Waals surface area contributed by atoms with Crippen LogP contribution in [0.5, 0.6) is 0 Å². The molecule has 0 aliphatic heterocycles. The van der Waals surface area contributed by atoms with Crippen LogP contribution in [0.25, 0.3) is 0 Å². The number of rotatable bonds is 5. The average Bonchev–Trinajstić information content (AvgIpc) is 2.00. The third-order valence-electron chi connectivity index (χ3n) is 3.58. The molecule has 0 atom stereocenters. The number of hydrogen-bond donors (Lipinski definition) is 0. The second-order valence-corrected chi connectivity index (χ2v) is 294. The molecule has 0 radical (unpaired) electrons. The molecular weight excluding hydrogens is 676 g/mol. The summed E-state index contributed by atoms with van der Waals surface area (Å²) in [7, 11) is 0. The van der Waals surface area contributed by atoms with E-state index >= 15 is 0 Å². The first-order valence-electron chi connectivity index (χ1n) is 5.47. The Labute approximate surface area is 117 Å². The third kappa shape index (κ3) is 2.53. The Hall–Kier alpha value is 3.53. The molecule has 0 aromatic rings. The van der Waals surface area contributed by atoms with Gasteiger partial charge in [-0.05, 0) is 0 Å². The first-order valence-corrected chi connectivity index (χ1v) is 65.8. The molecule has 0 aliphatic rings. The van der Waals surface area contributed by atoms with Crippen LogP contribution in [-0.4, -0.2) is 58.2 Å². The van der Waals surface area contributed by atoms with Crippen molar-refractivity contribution in [3.63, 3.8) is 0 Å². The van der Waals surface area contributed by atoms with Crippen LogP contribution in [0, 0.1) is 0 Å². The molecule has 0 saturated heterocycles. The van der Waals surface area contributed by atoms with Crippen LogP contribution in [0.1, 0.15) is 0 Å². The summed E-state index contributed by atoms with van der Waals surface area (Å²) in [6.45, 7) is 0. The molecule has 0 fully saturated rings. The van der Waals surface area contributed by atoms with Crippen LogP contribution in [0.3, 0.4) is 0 Å². The Kier molecular flexibility index (Phi) is 8.54. The first-order chi connectivity index (χ1) is 7.06. The van der Waals surface area contributed by atoms with Gasteiger partial charge in [0.25, 0.3) is 0 Å². The quantitative estimate of drug-likeness (QED) is 0.381. The van der Waals surface area contributed by atoms with Gasteiger partial charge in [0.1, 0.15) is 0 Å². The molecule has 0 spiro atoms. The van der Waals surface area contributed by atoms with E-state index in [0.29, 0.717) is 0 Å². The van der Waals surface area contributed by atoms with Crippen LogP contribution >= 0.6 is 0 Å². The summed E-state index contributed by atoms with van der Waals surface area (Å²) < 4.78 is -2.11. The van der Waals surface area contributed by atoms with E-state index in [9.17, 15) is 0 Å². The van der Waals surface area contributed by atoms with Gasteiger partial charge in [0, 0.05) is 0 Å². The predicted octanol–water partition coefficient (Wildman–Crippen LogP) is 3.93. The maximum absolute atomic E-state index is 2.81. The molecule has 0 rings (SSSR count). The summed E-state index contributed by atoms with van der Waals surface area (Å²) >= 11 is -1.95. The van der Waals surface area contributed by atoms with E-state index in [-0.39, 0.29) is 0 Å². The SMILES string of the molecule is C[As](C)[Ta]([As](C)C)([As](C)C)([As](C)C)[As](C)C. The zero-order valence-electron chi connectivity index (χ0n) is 12.7. The minimum atomic E-state index is -2.11. The monoisotopic (exact) mass is 706 g/mol. The van der Waals surface area contributed by atoms with E-state index in [1.807, 2.05) is 0 Å². The number of hydrogen-bond acceptors (Lipinski definition) is 0. The van der Waals surface area contributed by atoms with Crippen molar-refractivity contribution in [3.05, 3.63) is 0 Å². The normalized spacial score (nSPS) is 16.6. The molecule has 0 heterocycles. The fourth-order valence-electron chi connectivity index (χ4n) is 3.58. The van der Waals surface area contributed by atoms with Crippen molar-refractivity contribution in [1.29, 1.82) is 0 Å². The Morgan fingerprint density at radius 1 is 0.375 bits per heavy atom. The van der Waals surface area contributed by atoms with Crippen LogP contribution < -0.4 is 0 Å². The summed E-state index contributed by atoms with van der Waals surface area (Å²) in [5.41, 5.74) is 28.1. The molecule has 0 N–H and O–H groups in total. The van der Waals surface area contributed by atoms with Crippen molar-refractivity contribution < 1.29 is 4.00 Å². The molecule has 0 bridgehead atoms. The van der Waals surface area contributed by atoms with Crippen molar-refractivity contribution in [2.24, 2.45) is 0 Å². The van der Waals surface area contributed by atoms with E-state index in [1.165, 1.54) is 0 Å². The van der Waals surface area contributed by atoms with E-state index in [4.69, 9.17) is 0 Å². The molecular formula is C10H30As5Ta. The molecule has 0 aromatic carbocycles. The van der Waals surface area contributed by atoms with Gasteiger partial charge in [-0.1, -0.05) is 0 Å². The van der Waals surface area contributed by atoms with Gasteiger partial charge in [0.15, 0.2) is 0 Å². The van der Waals surface area contributed by atoms with E-state index in [1.54, 1.807) is 0 Å². The molecule has 0 amide bonds. The van der Waals surface area contributed by atoms with E-state index in [2.05, 4.69) is 57.1 Å². The fraction of sp³-hybridized carbons (Fsp3) is 1.00. The van der Waals surface area contributed by atoms with Crippen molar-refractivity contribution in [3.8, 4) is 0 Å². The van der Waals surface area contributed by atoms with Gasteiger partial charge in [0.05, 0.1) is 0 Å². The Morgan fingerprint density at radius 2 is 0.500 bits per heavy atom. The van der Waals surface area contributed by atoms with Gasteiger partial charge in [-0.15, -0.1) is 0 Å². The fourth-order valence-corrected chi connectivity index (χ4v) is 791. The second-order valence-electron chi connectivity index (χ2n) is 5.13. The summed E-state index contributed by atoms with van der Waals surface area (Å²) in [6.07, 6.45) is 0.